The van der Waals surface area contributed by atoms with E-state index in [1.54, 1.807) is 0 Å². The van der Waals surface area contributed by atoms with Crippen molar-refractivity contribution in [2.24, 2.45) is 0 Å². The Balaban J connectivity index is 0.00000176. The fourth-order valence-corrected chi connectivity index (χ4v) is 2.47. The Morgan fingerprint density at radius 3 is 3.09 bits per heavy atom. The first-order chi connectivity index (χ1) is 10.3. The molecule has 0 bridgehead atoms. The number of hydrogen-bond acceptors (Lipinski definition) is 6. The monoisotopic (exact) mass is 324 g/mol. The van der Waals surface area contributed by atoms with Crippen LogP contribution in [0.15, 0.2) is 28.8 Å². The molecule has 1 saturated heterocycles. The van der Waals surface area contributed by atoms with Gasteiger partial charge in [0.2, 0.25) is 0 Å². The van der Waals surface area contributed by atoms with Gasteiger partial charge in [-0.15, -0.1) is 12.4 Å². The Morgan fingerprint density at radius 2 is 2.32 bits per heavy atom. The predicted molar refractivity (Wildman–Crippen MR) is 86.4 cm³/mol. The van der Waals surface area contributed by atoms with E-state index in [0.29, 0.717) is 12.5 Å². The summed E-state index contributed by atoms with van der Waals surface area (Å²) < 4.78 is 10.9. The van der Waals surface area contributed by atoms with Gasteiger partial charge in [0.05, 0.1) is 12.6 Å². The van der Waals surface area contributed by atoms with Crippen molar-refractivity contribution in [3.63, 3.8) is 0 Å². The standard InChI is InChI=1S/C15H20N4O2.ClH/c1-3-20-12-6-4-5-11(9-12)15-17-14(18-21-15)13-10-16-7-8-19(13)2;/h4-6,9,13,16H,3,7-8,10H2,1-2H3;1H. The van der Waals surface area contributed by atoms with Crippen molar-refractivity contribution in [3.05, 3.63) is 30.1 Å². The Labute approximate surface area is 136 Å². The maximum Gasteiger partial charge on any atom is 0.258 e. The molecule has 1 N–H and O–H groups in total. The minimum atomic E-state index is 0. The lowest BCUT2D eigenvalue weighted by Gasteiger charge is -2.30. The highest BCUT2D eigenvalue weighted by Gasteiger charge is 2.25. The van der Waals surface area contributed by atoms with Crippen LogP contribution in [-0.4, -0.2) is 48.3 Å². The second-order valence-electron chi connectivity index (χ2n) is 5.12. The van der Waals surface area contributed by atoms with Gasteiger partial charge in [-0.25, -0.2) is 0 Å². The number of likely N-dealkylation sites (N-methyl/N-ethyl adjacent to an activating group) is 1. The van der Waals surface area contributed by atoms with Crippen LogP contribution in [0.2, 0.25) is 0 Å². The van der Waals surface area contributed by atoms with Gasteiger partial charge >= 0.3 is 0 Å². The van der Waals surface area contributed by atoms with Gasteiger partial charge in [-0.2, -0.15) is 4.98 Å². The molecule has 1 unspecified atom stereocenters. The first-order valence-electron chi connectivity index (χ1n) is 7.25. The number of halogens is 1. The number of nitrogens with one attached hydrogen (secondary N) is 1. The van der Waals surface area contributed by atoms with E-state index in [-0.39, 0.29) is 18.4 Å². The van der Waals surface area contributed by atoms with E-state index >= 15 is 0 Å². The van der Waals surface area contributed by atoms with E-state index < -0.39 is 0 Å². The van der Waals surface area contributed by atoms with Gasteiger partial charge < -0.3 is 14.6 Å². The Bertz CT molecular complexity index is 605. The van der Waals surface area contributed by atoms with Crippen LogP contribution in [0.1, 0.15) is 18.8 Å². The van der Waals surface area contributed by atoms with E-state index in [2.05, 4.69) is 27.4 Å². The normalized spacial score (nSPS) is 18.7. The summed E-state index contributed by atoms with van der Waals surface area (Å²) in [6, 6.07) is 7.87. The predicted octanol–water partition coefficient (Wildman–Crippen LogP) is 2.13. The zero-order valence-electron chi connectivity index (χ0n) is 12.8. The molecule has 1 aromatic carbocycles. The molecule has 6 nitrogen and oxygen atoms in total. The quantitative estimate of drug-likeness (QED) is 0.929. The van der Waals surface area contributed by atoms with Crippen molar-refractivity contribution in [2.45, 2.75) is 13.0 Å². The molecule has 22 heavy (non-hydrogen) atoms. The van der Waals surface area contributed by atoms with Crippen molar-refractivity contribution in [1.82, 2.24) is 20.4 Å². The first-order valence-corrected chi connectivity index (χ1v) is 7.25. The number of nitrogens with zero attached hydrogens (tertiary/aromatic N) is 3. The van der Waals surface area contributed by atoms with Gasteiger partial charge in [0.1, 0.15) is 5.75 Å². The maximum atomic E-state index is 5.50. The number of benzene rings is 1. The third kappa shape index (κ3) is 3.58. The van der Waals surface area contributed by atoms with Crippen LogP contribution in [0.4, 0.5) is 0 Å². The smallest absolute Gasteiger partial charge is 0.258 e. The molecule has 1 fully saturated rings. The molecule has 1 aromatic heterocycles. The lowest BCUT2D eigenvalue weighted by atomic mass is 10.2. The van der Waals surface area contributed by atoms with Crippen molar-refractivity contribution in [1.29, 1.82) is 0 Å². The molecule has 120 valence electrons. The summed E-state index contributed by atoms with van der Waals surface area (Å²) in [5.74, 6) is 2.07. The fraction of sp³-hybridized carbons (Fsp3) is 0.467. The summed E-state index contributed by atoms with van der Waals surface area (Å²) in [7, 11) is 2.08. The number of hydrogen-bond donors (Lipinski definition) is 1. The average Bonchev–Trinajstić information content (AvgIpc) is 2.98. The summed E-state index contributed by atoms with van der Waals surface area (Å²) in [5.41, 5.74) is 0.881. The van der Waals surface area contributed by atoms with Crippen molar-refractivity contribution >= 4 is 12.4 Å². The third-order valence-electron chi connectivity index (χ3n) is 3.64. The number of rotatable bonds is 4. The molecule has 2 aromatic rings. The Morgan fingerprint density at radius 1 is 1.45 bits per heavy atom. The molecule has 0 aliphatic carbocycles. The first kappa shape index (κ1) is 16.7. The minimum absolute atomic E-state index is 0. The molecular weight excluding hydrogens is 304 g/mol. The molecule has 2 heterocycles. The van der Waals surface area contributed by atoms with E-state index in [4.69, 9.17) is 9.26 Å². The highest BCUT2D eigenvalue weighted by Crippen LogP contribution is 2.25. The second kappa shape index (κ2) is 7.58. The zero-order chi connectivity index (χ0) is 14.7. The van der Waals surface area contributed by atoms with E-state index in [0.717, 1.165) is 36.8 Å². The van der Waals surface area contributed by atoms with Gasteiger partial charge in [-0.05, 0) is 32.2 Å². The van der Waals surface area contributed by atoms with Crippen LogP contribution in [0, 0.1) is 0 Å². The van der Waals surface area contributed by atoms with Crippen LogP contribution in [0.3, 0.4) is 0 Å². The van der Waals surface area contributed by atoms with Crippen LogP contribution in [0.5, 0.6) is 5.75 Å². The molecule has 0 amide bonds. The van der Waals surface area contributed by atoms with E-state index in [9.17, 15) is 0 Å². The van der Waals surface area contributed by atoms with Crippen molar-refractivity contribution in [2.75, 3.05) is 33.3 Å². The van der Waals surface area contributed by atoms with E-state index in [1.807, 2.05) is 31.2 Å². The maximum absolute atomic E-state index is 5.50. The molecule has 0 saturated carbocycles. The third-order valence-corrected chi connectivity index (χ3v) is 3.64. The average molecular weight is 325 g/mol. The zero-order valence-corrected chi connectivity index (χ0v) is 13.6. The van der Waals surface area contributed by atoms with E-state index in [1.165, 1.54) is 0 Å². The molecule has 1 aliphatic heterocycles. The topological polar surface area (TPSA) is 63.4 Å². The molecule has 1 atom stereocenters. The minimum Gasteiger partial charge on any atom is -0.494 e. The van der Waals surface area contributed by atoms with Gasteiger partial charge in [0.15, 0.2) is 5.82 Å². The lowest BCUT2D eigenvalue weighted by Crippen LogP contribution is -2.44. The van der Waals surface area contributed by atoms with Gasteiger partial charge in [-0.3, -0.25) is 4.90 Å². The highest BCUT2D eigenvalue weighted by atomic mass is 35.5. The van der Waals surface area contributed by atoms with Crippen molar-refractivity contribution in [3.8, 4) is 17.2 Å². The van der Waals surface area contributed by atoms with Crippen LogP contribution >= 0.6 is 12.4 Å². The SMILES string of the molecule is CCOc1cccc(-c2nc(C3CNCCN3C)no2)c1.Cl. The summed E-state index contributed by atoms with van der Waals surface area (Å²) in [4.78, 5) is 6.78. The largest absolute Gasteiger partial charge is 0.494 e. The van der Waals surface area contributed by atoms with Crippen molar-refractivity contribution < 1.29 is 9.26 Å². The number of ether oxygens (including phenoxy) is 1. The summed E-state index contributed by atoms with van der Waals surface area (Å²) >= 11 is 0. The Hall–Kier alpha value is -1.63. The molecule has 0 radical (unpaired) electrons. The molecular formula is C15H21ClN4O2. The second-order valence-corrected chi connectivity index (χ2v) is 5.12. The number of piperazine rings is 1. The highest BCUT2D eigenvalue weighted by molar-refractivity contribution is 5.85. The van der Waals surface area contributed by atoms with Crippen LogP contribution in [0.25, 0.3) is 11.5 Å². The van der Waals surface area contributed by atoms with Gasteiger partial charge in [0, 0.05) is 25.2 Å². The fourth-order valence-electron chi connectivity index (χ4n) is 2.47. The summed E-state index contributed by atoms with van der Waals surface area (Å²) in [6.07, 6.45) is 0. The molecule has 3 rings (SSSR count). The van der Waals surface area contributed by atoms with Gasteiger partial charge in [-0.1, -0.05) is 11.2 Å². The Kier molecular flexibility index (Phi) is 5.76. The van der Waals surface area contributed by atoms with Gasteiger partial charge in [0.25, 0.3) is 5.89 Å². The molecule has 0 spiro atoms. The van der Waals surface area contributed by atoms with Crippen LogP contribution < -0.4 is 10.1 Å². The molecule has 7 heteroatoms. The van der Waals surface area contributed by atoms with Crippen LogP contribution in [-0.2, 0) is 0 Å². The summed E-state index contributed by atoms with van der Waals surface area (Å²) in [6.45, 7) is 5.41. The molecule has 1 aliphatic rings. The lowest BCUT2D eigenvalue weighted by molar-refractivity contribution is 0.190. The number of aromatic nitrogens is 2. The summed E-state index contributed by atoms with van der Waals surface area (Å²) in [5, 5.41) is 7.49.